The van der Waals surface area contributed by atoms with Crippen LogP contribution in [-0.4, -0.2) is 112 Å². The standard InChI is InChI=1S/C11H21NO5S.C11H21NO4.C11H23NO3.C6H13NO2/c1-10(2,3)8-7-16-18(14,15)12(8)9(13)17-11(4,5)6;1-10(2,3)7(8(13)14)12-9(15)16-11(4,5)6;1-10(2,3)8(7-13)12-9(14)15-11(4,5)6;1-6(2,3)4(7)5(8)9/h8H,7H2,1-6H3;7H,1-6H3,(H,12,15)(H,13,14);8,13H,7H2,1-6H3,(H,12,14);4H,7H2,1-3H3,(H,8,9)/t8-;7-;8-;4-/m0000/s1. The van der Waals surface area contributed by atoms with Crippen LogP contribution in [0.25, 0.3) is 0 Å². The second kappa shape index (κ2) is 21.7. The Morgan fingerprint density at radius 2 is 1.03 bits per heavy atom. The minimum Gasteiger partial charge on any atom is -0.480 e. The number of carboxylic acid groups (broad SMARTS) is 2. The summed E-state index contributed by atoms with van der Waals surface area (Å²) in [5, 5.41) is 31.5. The van der Waals surface area contributed by atoms with Crippen molar-refractivity contribution in [3.8, 4) is 0 Å². The molecule has 344 valence electrons. The van der Waals surface area contributed by atoms with Gasteiger partial charge in [0.15, 0.2) is 0 Å². The topological polar surface area (TPSA) is 270 Å². The van der Waals surface area contributed by atoms with Crippen LogP contribution in [0.5, 0.6) is 0 Å². The van der Waals surface area contributed by atoms with Gasteiger partial charge in [-0.05, 0) is 84.0 Å². The summed E-state index contributed by atoms with van der Waals surface area (Å²) < 4.78 is 44.1. The smallest absolute Gasteiger partial charge is 0.426 e. The van der Waals surface area contributed by atoms with Crippen LogP contribution >= 0.6 is 0 Å². The third kappa shape index (κ3) is 25.8. The van der Waals surface area contributed by atoms with Gasteiger partial charge in [0.25, 0.3) is 0 Å². The number of carbonyl (C=O) groups excluding carboxylic acids is 3. The molecular formula is C39H78N4O14S. The van der Waals surface area contributed by atoms with Crippen molar-refractivity contribution in [2.24, 2.45) is 27.4 Å². The fourth-order valence-electron chi connectivity index (χ4n) is 3.99. The van der Waals surface area contributed by atoms with Gasteiger partial charge >= 0.3 is 40.5 Å². The van der Waals surface area contributed by atoms with Gasteiger partial charge in [-0.2, -0.15) is 12.7 Å². The second-order valence-electron chi connectivity index (χ2n) is 21.1. The number of nitrogens with zero attached hydrogens (tertiary/aromatic N) is 1. The summed E-state index contributed by atoms with van der Waals surface area (Å²) in [6, 6.07) is -2.59. The summed E-state index contributed by atoms with van der Waals surface area (Å²) in [6.45, 7) is 37.5. The number of aliphatic carboxylic acids is 2. The van der Waals surface area contributed by atoms with E-state index in [0.29, 0.717) is 4.31 Å². The summed E-state index contributed by atoms with van der Waals surface area (Å²) in [7, 11) is -4.03. The molecular weight excluding hydrogens is 781 g/mol. The average Bonchev–Trinajstić information content (AvgIpc) is 3.26. The largest absolute Gasteiger partial charge is 0.480 e. The molecule has 0 saturated carbocycles. The van der Waals surface area contributed by atoms with E-state index in [0.717, 1.165) is 0 Å². The number of nitrogens with two attached hydrogens (primary N) is 1. The normalized spacial score (nSPS) is 17.5. The van der Waals surface area contributed by atoms with Crippen LogP contribution in [0, 0.1) is 21.7 Å². The lowest BCUT2D eigenvalue weighted by molar-refractivity contribution is -0.142. The van der Waals surface area contributed by atoms with Crippen molar-refractivity contribution in [3.63, 3.8) is 0 Å². The highest BCUT2D eigenvalue weighted by Crippen LogP contribution is 2.33. The van der Waals surface area contributed by atoms with Crippen molar-refractivity contribution >= 4 is 40.5 Å². The van der Waals surface area contributed by atoms with E-state index in [2.05, 4.69) is 10.6 Å². The molecule has 0 spiro atoms. The van der Waals surface area contributed by atoms with E-state index in [9.17, 15) is 32.4 Å². The quantitative estimate of drug-likeness (QED) is 0.166. The number of carbonyl (C=O) groups is 5. The Morgan fingerprint density at radius 3 is 1.28 bits per heavy atom. The number of aliphatic hydroxyl groups is 1. The van der Waals surface area contributed by atoms with Gasteiger partial charge in [-0.3, -0.25) is 8.98 Å². The third-order valence-electron chi connectivity index (χ3n) is 7.36. The van der Waals surface area contributed by atoms with Crippen molar-refractivity contribution in [2.45, 2.75) is 186 Å². The monoisotopic (exact) mass is 859 g/mol. The van der Waals surface area contributed by atoms with Gasteiger partial charge in [0.2, 0.25) is 0 Å². The van der Waals surface area contributed by atoms with Crippen molar-refractivity contribution in [1.82, 2.24) is 14.9 Å². The first-order valence-electron chi connectivity index (χ1n) is 18.9. The van der Waals surface area contributed by atoms with Crippen LogP contribution in [0.3, 0.4) is 0 Å². The van der Waals surface area contributed by atoms with Gasteiger partial charge in [0, 0.05) is 0 Å². The highest BCUT2D eigenvalue weighted by atomic mass is 32.2. The zero-order valence-electron chi connectivity index (χ0n) is 39.0. The van der Waals surface area contributed by atoms with Crippen molar-refractivity contribution in [2.75, 3.05) is 13.2 Å². The van der Waals surface area contributed by atoms with Crippen LogP contribution in [0.2, 0.25) is 0 Å². The number of carboxylic acids is 2. The Bertz CT molecular complexity index is 1450. The van der Waals surface area contributed by atoms with Gasteiger partial charge in [0.05, 0.1) is 25.3 Å². The lowest BCUT2D eigenvalue weighted by Gasteiger charge is -2.32. The SMILES string of the molecule is CC(C)(C)OC(=O)N1[C@H](C(C)(C)C)COS1(=O)=O.CC(C)(C)OC(=O)N[C@@H](C(=O)O)C(C)(C)C.CC(C)(C)OC(=O)N[C@@H](CO)C(C)(C)C.CC(C)(C)[C@@H](N)C(=O)O. The van der Waals surface area contributed by atoms with Gasteiger partial charge in [-0.15, -0.1) is 0 Å². The van der Waals surface area contributed by atoms with E-state index in [1.807, 2.05) is 41.5 Å². The van der Waals surface area contributed by atoms with Crippen LogP contribution in [-0.2, 0) is 38.3 Å². The maximum atomic E-state index is 12.0. The molecule has 0 aliphatic carbocycles. The lowest BCUT2D eigenvalue weighted by Crippen LogP contribution is -2.50. The Labute approximate surface area is 347 Å². The van der Waals surface area contributed by atoms with E-state index < -0.39 is 86.3 Å². The lowest BCUT2D eigenvalue weighted by atomic mass is 9.87. The van der Waals surface area contributed by atoms with Crippen molar-refractivity contribution in [1.29, 1.82) is 0 Å². The summed E-state index contributed by atoms with van der Waals surface area (Å²) in [5.74, 6) is -2.01. The van der Waals surface area contributed by atoms with Crippen molar-refractivity contribution in [3.05, 3.63) is 0 Å². The average molecular weight is 859 g/mol. The molecule has 0 bridgehead atoms. The molecule has 4 atom stereocenters. The Morgan fingerprint density at radius 1 is 0.655 bits per heavy atom. The third-order valence-corrected chi connectivity index (χ3v) is 8.68. The van der Waals surface area contributed by atoms with E-state index in [1.165, 1.54) is 0 Å². The molecule has 3 amide bonds. The molecule has 1 fully saturated rings. The molecule has 1 rings (SSSR count). The fraction of sp³-hybridized carbons (Fsp3) is 0.872. The van der Waals surface area contributed by atoms with Crippen LogP contribution in [0.4, 0.5) is 14.4 Å². The second-order valence-corrected chi connectivity index (χ2v) is 22.6. The molecule has 0 aromatic carbocycles. The number of aliphatic hydroxyl groups excluding tert-OH is 1. The molecule has 1 saturated heterocycles. The molecule has 0 aromatic heterocycles. The Kier molecular flexibility index (Phi) is 22.1. The zero-order valence-corrected chi connectivity index (χ0v) is 39.8. The minimum absolute atomic E-state index is 0.0366. The summed E-state index contributed by atoms with van der Waals surface area (Å²) in [5.41, 5.74) is 1.88. The molecule has 1 aliphatic heterocycles. The molecule has 0 radical (unpaired) electrons. The molecule has 7 N–H and O–H groups in total. The van der Waals surface area contributed by atoms with Gasteiger partial charge in [-0.1, -0.05) is 83.1 Å². The number of rotatable bonds is 5. The zero-order chi connectivity index (χ0) is 47.4. The van der Waals surface area contributed by atoms with Crippen LogP contribution < -0.4 is 16.4 Å². The fourth-order valence-corrected chi connectivity index (χ4v) is 5.31. The molecule has 1 aliphatic rings. The molecule has 18 nitrogen and oxygen atoms in total. The molecule has 0 aromatic rings. The van der Waals surface area contributed by atoms with Crippen molar-refractivity contribution < 1.29 is 66.1 Å². The van der Waals surface area contributed by atoms with E-state index >= 15 is 0 Å². The highest BCUT2D eigenvalue weighted by Gasteiger charge is 2.49. The van der Waals surface area contributed by atoms with E-state index in [-0.39, 0.29) is 30.1 Å². The number of ether oxygens (including phenoxy) is 3. The van der Waals surface area contributed by atoms with Gasteiger partial charge < -0.3 is 45.9 Å². The number of amides is 3. The van der Waals surface area contributed by atoms with Gasteiger partial charge in [0.1, 0.15) is 28.9 Å². The maximum Gasteiger partial charge on any atom is 0.426 e. The molecule has 58 heavy (non-hydrogen) atoms. The molecule has 19 heteroatoms. The summed E-state index contributed by atoms with van der Waals surface area (Å²) in [6.07, 6.45) is -2.09. The molecule has 0 unspecified atom stereocenters. The predicted octanol–water partition coefficient (Wildman–Crippen LogP) is 6.29. The van der Waals surface area contributed by atoms with Gasteiger partial charge in [-0.25, -0.2) is 19.2 Å². The maximum absolute atomic E-state index is 12.0. The van der Waals surface area contributed by atoms with E-state index in [4.69, 9.17) is 39.4 Å². The Balaban J connectivity index is -0.000000713. The number of hydrogen-bond acceptors (Lipinski definition) is 13. The summed E-state index contributed by atoms with van der Waals surface area (Å²) >= 11 is 0. The number of nitrogens with one attached hydrogen (secondary N) is 2. The minimum atomic E-state index is -4.03. The molecule has 1 heterocycles. The number of hydrogen-bond donors (Lipinski definition) is 6. The highest BCUT2D eigenvalue weighted by molar-refractivity contribution is 7.85. The van der Waals surface area contributed by atoms with E-state index in [1.54, 1.807) is 104 Å². The first-order chi connectivity index (χ1) is 25.2. The first kappa shape index (κ1) is 58.9. The first-order valence-corrected chi connectivity index (χ1v) is 20.3. The predicted molar refractivity (Wildman–Crippen MR) is 221 cm³/mol. The van der Waals surface area contributed by atoms with Crippen LogP contribution in [0.1, 0.15) is 145 Å². The Hall–Kier alpha value is -3.42. The summed E-state index contributed by atoms with van der Waals surface area (Å²) in [4.78, 5) is 56.0. The number of alkyl carbamates (subject to hydrolysis) is 2. The van der Waals surface area contributed by atoms with Crippen LogP contribution in [0.15, 0.2) is 0 Å².